The number of hydrogen-bond acceptors (Lipinski definition) is 5. The van der Waals surface area contributed by atoms with Gasteiger partial charge in [-0.15, -0.1) is 11.3 Å². The summed E-state index contributed by atoms with van der Waals surface area (Å²) >= 11 is 4.25. The van der Waals surface area contributed by atoms with E-state index < -0.39 is 22.4 Å². The molecule has 3 rings (SSSR count). The van der Waals surface area contributed by atoms with Gasteiger partial charge >= 0.3 is 0 Å². The molecule has 3 N–H and O–H groups in total. The zero-order chi connectivity index (χ0) is 20.4. The highest BCUT2D eigenvalue weighted by Crippen LogP contribution is 2.39. The highest BCUT2D eigenvalue weighted by Gasteiger charge is 2.33. The van der Waals surface area contributed by atoms with Gasteiger partial charge < -0.3 is 5.73 Å². The first-order valence-corrected chi connectivity index (χ1v) is 11.3. The minimum absolute atomic E-state index is 0.0634. The van der Waals surface area contributed by atoms with Crippen LogP contribution in [0.25, 0.3) is 11.3 Å². The van der Waals surface area contributed by atoms with Crippen molar-refractivity contribution in [2.24, 2.45) is 5.73 Å². The maximum absolute atomic E-state index is 14.4. The van der Waals surface area contributed by atoms with E-state index in [-0.39, 0.29) is 33.4 Å². The number of alkyl halides is 2. The van der Waals surface area contributed by atoms with Crippen LogP contribution in [0.2, 0.25) is 0 Å². The average Bonchev–Trinajstić information content (AvgIpc) is 3.09. The lowest BCUT2D eigenvalue weighted by atomic mass is 9.97. The van der Waals surface area contributed by atoms with Gasteiger partial charge in [-0.25, -0.2) is 22.2 Å². The lowest BCUT2D eigenvalue weighted by molar-refractivity contribution is -0.0101. The standard InChI is InChI=1S/C18H16BrF2N3O2S2/c19-12-4-3-5-13(10-12)28(25,26)24-17-23-16(11-27-17)14-6-1-2-7-15(14)18(20,21)8-9-22/h1-7,10-11H,8-9,22H2,(H,23,24). The third kappa shape index (κ3) is 4.57. The van der Waals surface area contributed by atoms with Crippen molar-refractivity contribution in [2.75, 3.05) is 11.3 Å². The van der Waals surface area contributed by atoms with E-state index in [9.17, 15) is 17.2 Å². The van der Waals surface area contributed by atoms with Crippen molar-refractivity contribution in [2.45, 2.75) is 17.2 Å². The number of rotatable bonds is 7. The van der Waals surface area contributed by atoms with E-state index in [0.717, 1.165) is 11.3 Å². The molecule has 0 aliphatic carbocycles. The van der Waals surface area contributed by atoms with Gasteiger partial charge in [0, 0.05) is 27.4 Å². The Kier molecular flexibility index (Phi) is 6.13. The number of nitrogens with two attached hydrogens (primary N) is 1. The number of benzene rings is 2. The van der Waals surface area contributed by atoms with Crippen LogP contribution in [-0.2, 0) is 15.9 Å². The summed E-state index contributed by atoms with van der Waals surface area (Å²) in [6.07, 6.45) is -0.490. The lowest BCUT2D eigenvalue weighted by Crippen LogP contribution is -2.19. The molecule has 0 amide bonds. The largest absolute Gasteiger partial charge is 0.330 e. The van der Waals surface area contributed by atoms with Crippen LogP contribution in [0.3, 0.4) is 0 Å². The molecule has 0 unspecified atom stereocenters. The second kappa shape index (κ2) is 8.24. The maximum atomic E-state index is 14.4. The van der Waals surface area contributed by atoms with Crippen LogP contribution < -0.4 is 10.5 Å². The van der Waals surface area contributed by atoms with Crippen molar-refractivity contribution in [3.8, 4) is 11.3 Å². The van der Waals surface area contributed by atoms with E-state index >= 15 is 0 Å². The fourth-order valence-corrected chi connectivity index (χ4v) is 5.15. The Morgan fingerprint density at radius 2 is 1.93 bits per heavy atom. The number of nitrogens with zero attached hydrogens (tertiary/aromatic N) is 1. The molecule has 0 aliphatic heterocycles. The van der Waals surface area contributed by atoms with Crippen LogP contribution in [0.15, 0.2) is 63.3 Å². The van der Waals surface area contributed by atoms with Crippen LogP contribution in [0.4, 0.5) is 13.9 Å². The summed E-state index contributed by atoms with van der Waals surface area (Å²) in [7, 11) is -3.85. The Balaban J connectivity index is 1.92. The fourth-order valence-electron chi connectivity index (χ4n) is 2.59. The molecule has 1 aromatic heterocycles. The van der Waals surface area contributed by atoms with Gasteiger partial charge in [0.25, 0.3) is 15.9 Å². The summed E-state index contributed by atoms with van der Waals surface area (Å²) in [4.78, 5) is 4.26. The van der Waals surface area contributed by atoms with E-state index in [4.69, 9.17) is 5.73 Å². The summed E-state index contributed by atoms with van der Waals surface area (Å²) in [5.74, 6) is -3.11. The van der Waals surface area contributed by atoms with E-state index in [1.807, 2.05) is 0 Å². The Hall–Kier alpha value is -1.88. The molecule has 148 valence electrons. The molecule has 0 saturated carbocycles. The SMILES string of the molecule is NCCC(F)(F)c1ccccc1-c1csc(NS(=O)(=O)c2cccc(Br)c2)n1. The number of halogens is 3. The minimum atomic E-state index is -3.85. The predicted octanol–water partition coefficient (Wildman–Crippen LogP) is 4.81. The lowest BCUT2D eigenvalue weighted by Gasteiger charge is -2.18. The molecule has 0 spiro atoms. The molecule has 10 heteroatoms. The topological polar surface area (TPSA) is 85.1 Å². The molecule has 0 bridgehead atoms. The minimum Gasteiger partial charge on any atom is -0.330 e. The van der Waals surface area contributed by atoms with Gasteiger partial charge in [-0.05, 0) is 24.7 Å². The summed E-state index contributed by atoms with van der Waals surface area (Å²) in [6, 6.07) is 12.2. The van der Waals surface area contributed by atoms with Crippen molar-refractivity contribution < 1.29 is 17.2 Å². The second-order valence-corrected chi connectivity index (χ2v) is 9.35. The van der Waals surface area contributed by atoms with Crippen LogP contribution in [0.1, 0.15) is 12.0 Å². The van der Waals surface area contributed by atoms with Crippen LogP contribution in [0.5, 0.6) is 0 Å². The number of anilines is 1. The Morgan fingerprint density at radius 3 is 2.64 bits per heavy atom. The van der Waals surface area contributed by atoms with Crippen LogP contribution in [0, 0.1) is 0 Å². The number of thiazole rings is 1. The molecule has 0 radical (unpaired) electrons. The summed E-state index contributed by atoms with van der Waals surface area (Å²) in [5.41, 5.74) is 5.63. The summed E-state index contributed by atoms with van der Waals surface area (Å²) in [6.45, 7) is -0.157. The monoisotopic (exact) mass is 487 g/mol. The van der Waals surface area contributed by atoms with Gasteiger partial charge in [-0.3, -0.25) is 4.72 Å². The third-order valence-electron chi connectivity index (χ3n) is 3.89. The summed E-state index contributed by atoms with van der Waals surface area (Å²) in [5, 5.41) is 1.63. The highest BCUT2D eigenvalue weighted by molar-refractivity contribution is 9.10. The molecule has 0 fully saturated rings. The zero-order valence-electron chi connectivity index (χ0n) is 14.4. The van der Waals surface area contributed by atoms with Crippen molar-refractivity contribution >= 4 is 42.4 Å². The molecule has 28 heavy (non-hydrogen) atoms. The first-order chi connectivity index (χ1) is 13.2. The molecule has 0 saturated heterocycles. The molecule has 5 nitrogen and oxygen atoms in total. The Morgan fingerprint density at radius 1 is 1.18 bits per heavy atom. The van der Waals surface area contributed by atoms with E-state index in [2.05, 4.69) is 25.6 Å². The van der Waals surface area contributed by atoms with Gasteiger partial charge in [0.2, 0.25) is 0 Å². The number of sulfonamides is 1. The maximum Gasteiger partial charge on any atom is 0.275 e. The molecule has 0 aliphatic rings. The molecular formula is C18H16BrF2N3O2S2. The number of hydrogen-bond donors (Lipinski definition) is 2. The Labute approximate surface area is 173 Å². The number of aromatic nitrogens is 1. The van der Waals surface area contributed by atoms with Gasteiger partial charge in [-0.1, -0.05) is 46.3 Å². The van der Waals surface area contributed by atoms with Crippen molar-refractivity contribution in [3.05, 3.63) is 63.9 Å². The van der Waals surface area contributed by atoms with Crippen molar-refractivity contribution in [1.29, 1.82) is 0 Å². The van der Waals surface area contributed by atoms with Crippen molar-refractivity contribution in [1.82, 2.24) is 4.98 Å². The van der Waals surface area contributed by atoms with E-state index in [1.165, 1.54) is 35.7 Å². The quantitative estimate of drug-likeness (QED) is 0.500. The smallest absolute Gasteiger partial charge is 0.275 e. The normalized spacial score (nSPS) is 12.1. The van der Waals surface area contributed by atoms with E-state index in [0.29, 0.717) is 4.47 Å². The third-order valence-corrected chi connectivity index (χ3v) is 6.60. The Bertz CT molecular complexity index is 1090. The first-order valence-electron chi connectivity index (χ1n) is 8.14. The molecular weight excluding hydrogens is 472 g/mol. The van der Waals surface area contributed by atoms with Crippen LogP contribution in [-0.4, -0.2) is 19.9 Å². The first kappa shape index (κ1) is 20.8. The van der Waals surface area contributed by atoms with E-state index in [1.54, 1.807) is 18.2 Å². The zero-order valence-corrected chi connectivity index (χ0v) is 17.6. The van der Waals surface area contributed by atoms with Crippen molar-refractivity contribution in [3.63, 3.8) is 0 Å². The highest BCUT2D eigenvalue weighted by atomic mass is 79.9. The predicted molar refractivity (Wildman–Crippen MR) is 110 cm³/mol. The molecule has 2 aromatic carbocycles. The van der Waals surface area contributed by atoms with Gasteiger partial charge in [0.1, 0.15) is 0 Å². The fraction of sp³-hybridized carbons (Fsp3) is 0.167. The molecule has 1 heterocycles. The van der Waals surface area contributed by atoms with Gasteiger partial charge in [0.15, 0.2) is 5.13 Å². The van der Waals surface area contributed by atoms with Crippen LogP contribution >= 0.6 is 27.3 Å². The summed E-state index contributed by atoms with van der Waals surface area (Å²) < 4.78 is 56.9. The van der Waals surface area contributed by atoms with Gasteiger partial charge in [0.05, 0.1) is 10.6 Å². The second-order valence-electron chi connectivity index (χ2n) is 5.89. The van der Waals surface area contributed by atoms with Gasteiger partial charge in [-0.2, -0.15) is 0 Å². The number of nitrogens with one attached hydrogen (secondary N) is 1. The molecule has 3 aromatic rings. The average molecular weight is 488 g/mol. The molecule has 0 atom stereocenters.